The fourth-order valence-corrected chi connectivity index (χ4v) is 4.66. The van der Waals surface area contributed by atoms with E-state index in [2.05, 4.69) is 69.7 Å². The summed E-state index contributed by atoms with van der Waals surface area (Å²) in [6.45, 7) is 4.56. The van der Waals surface area contributed by atoms with Crippen molar-refractivity contribution >= 4 is 11.8 Å². The Morgan fingerprint density at radius 3 is 2.37 bits per heavy atom. The van der Waals surface area contributed by atoms with Crippen LogP contribution in [0.25, 0.3) is 0 Å². The molecule has 2 aromatic rings. The van der Waals surface area contributed by atoms with E-state index in [1.54, 1.807) is 0 Å². The summed E-state index contributed by atoms with van der Waals surface area (Å²) >= 11 is 0. The van der Waals surface area contributed by atoms with Crippen molar-refractivity contribution in [2.75, 3.05) is 13.1 Å². The summed E-state index contributed by atoms with van der Waals surface area (Å²) in [7, 11) is 0. The Balaban J connectivity index is 1.48. The number of hydrogen-bond acceptors (Lipinski definition) is 4. The number of fused-ring (bicyclic) bond motifs is 2. The SMILES string of the molecule is NC(=O)CCC(=O)N[C@H]1C[C@H]2CN(Cc3ccccc3)Cc3ccccc3CN2C1. The third-order valence-electron chi connectivity index (χ3n) is 6.10. The van der Waals surface area contributed by atoms with Crippen molar-refractivity contribution in [2.45, 2.75) is 51.0 Å². The second-order valence-corrected chi connectivity index (χ2v) is 8.47. The highest BCUT2D eigenvalue weighted by Crippen LogP contribution is 2.27. The number of benzene rings is 2. The second kappa shape index (κ2) is 9.41. The first-order chi connectivity index (χ1) is 14.6. The zero-order valence-corrected chi connectivity index (χ0v) is 17.3. The molecule has 4 rings (SSSR count). The average molecular weight is 407 g/mol. The zero-order chi connectivity index (χ0) is 20.9. The molecule has 6 nitrogen and oxygen atoms in total. The predicted molar refractivity (Wildman–Crippen MR) is 116 cm³/mol. The first-order valence-electron chi connectivity index (χ1n) is 10.7. The van der Waals surface area contributed by atoms with Gasteiger partial charge in [-0.15, -0.1) is 0 Å². The lowest BCUT2D eigenvalue weighted by molar-refractivity contribution is -0.125. The van der Waals surface area contributed by atoms with Crippen LogP contribution in [-0.4, -0.2) is 46.8 Å². The third-order valence-corrected chi connectivity index (χ3v) is 6.10. The molecule has 0 spiro atoms. The second-order valence-electron chi connectivity index (χ2n) is 8.47. The normalized spacial score (nSPS) is 21.9. The van der Waals surface area contributed by atoms with Crippen LogP contribution < -0.4 is 11.1 Å². The maximum Gasteiger partial charge on any atom is 0.220 e. The highest BCUT2D eigenvalue weighted by molar-refractivity contribution is 5.82. The summed E-state index contributed by atoms with van der Waals surface area (Å²) in [5, 5.41) is 3.11. The average Bonchev–Trinajstić information content (AvgIpc) is 3.07. The van der Waals surface area contributed by atoms with Gasteiger partial charge in [-0.25, -0.2) is 0 Å². The highest BCUT2D eigenvalue weighted by Gasteiger charge is 2.35. The molecule has 1 fully saturated rings. The van der Waals surface area contributed by atoms with Crippen LogP contribution in [0.2, 0.25) is 0 Å². The lowest BCUT2D eigenvalue weighted by Gasteiger charge is -2.34. The molecule has 2 aliphatic rings. The van der Waals surface area contributed by atoms with Gasteiger partial charge in [-0.2, -0.15) is 0 Å². The van der Waals surface area contributed by atoms with Gasteiger partial charge < -0.3 is 11.1 Å². The van der Waals surface area contributed by atoms with Crippen molar-refractivity contribution in [3.8, 4) is 0 Å². The van der Waals surface area contributed by atoms with Gasteiger partial charge in [0.2, 0.25) is 11.8 Å². The van der Waals surface area contributed by atoms with Gasteiger partial charge >= 0.3 is 0 Å². The lowest BCUT2D eigenvalue weighted by atomic mass is 10.0. The van der Waals surface area contributed by atoms with Gasteiger partial charge in [0.05, 0.1) is 0 Å². The van der Waals surface area contributed by atoms with Crippen LogP contribution in [0.5, 0.6) is 0 Å². The van der Waals surface area contributed by atoms with Crippen molar-refractivity contribution in [3.05, 3.63) is 71.3 Å². The van der Waals surface area contributed by atoms with Crippen molar-refractivity contribution in [3.63, 3.8) is 0 Å². The summed E-state index contributed by atoms with van der Waals surface area (Å²) in [4.78, 5) is 28.2. The number of nitrogens with two attached hydrogens (primary N) is 1. The lowest BCUT2D eigenvalue weighted by Crippen LogP contribution is -2.42. The van der Waals surface area contributed by atoms with Crippen LogP contribution in [-0.2, 0) is 29.2 Å². The molecular formula is C24H30N4O2. The zero-order valence-electron chi connectivity index (χ0n) is 17.3. The maximum absolute atomic E-state index is 12.2. The number of hydrogen-bond donors (Lipinski definition) is 2. The molecule has 0 unspecified atom stereocenters. The molecule has 6 heteroatoms. The van der Waals surface area contributed by atoms with Gasteiger partial charge in [-0.3, -0.25) is 19.4 Å². The Morgan fingerprint density at radius 1 is 0.933 bits per heavy atom. The van der Waals surface area contributed by atoms with Crippen LogP contribution in [0.3, 0.4) is 0 Å². The van der Waals surface area contributed by atoms with E-state index >= 15 is 0 Å². The van der Waals surface area contributed by atoms with Crippen LogP contribution in [0.1, 0.15) is 36.0 Å². The van der Waals surface area contributed by atoms with E-state index in [4.69, 9.17) is 5.73 Å². The summed E-state index contributed by atoms with van der Waals surface area (Å²) in [6, 6.07) is 19.8. The topological polar surface area (TPSA) is 78.7 Å². The number of nitrogens with zero attached hydrogens (tertiary/aromatic N) is 2. The molecule has 2 heterocycles. The van der Waals surface area contributed by atoms with Crippen molar-refractivity contribution in [1.82, 2.24) is 15.1 Å². The van der Waals surface area contributed by atoms with E-state index < -0.39 is 5.91 Å². The third kappa shape index (κ3) is 5.26. The molecule has 0 saturated carbocycles. The molecule has 2 aromatic carbocycles. The first-order valence-corrected chi connectivity index (χ1v) is 10.7. The van der Waals surface area contributed by atoms with Crippen molar-refractivity contribution in [1.29, 1.82) is 0 Å². The summed E-state index contributed by atoms with van der Waals surface area (Å²) in [6.07, 6.45) is 1.19. The van der Waals surface area contributed by atoms with Crippen LogP contribution in [0.15, 0.2) is 54.6 Å². The van der Waals surface area contributed by atoms with Gasteiger partial charge in [0.1, 0.15) is 0 Å². The van der Waals surface area contributed by atoms with Crippen LogP contribution in [0, 0.1) is 0 Å². The van der Waals surface area contributed by atoms with Gasteiger partial charge in [-0.1, -0.05) is 54.6 Å². The molecule has 0 bridgehead atoms. The van der Waals surface area contributed by atoms with Crippen LogP contribution >= 0.6 is 0 Å². The molecule has 3 N–H and O–H groups in total. The Hall–Kier alpha value is -2.70. The first kappa shape index (κ1) is 20.6. The number of nitrogens with one attached hydrogen (secondary N) is 1. The highest BCUT2D eigenvalue weighted by atomic mass is 16.2. The molecule has 0 radical (unpaired) electrons. The monoisotopic (exact) mass is 406 g/mol. The minimum Gasteiger partial charge on any atom is -0.370 e. The largest absolute Gasteiger partial charge is 0.370 e. The minimum absolute atomic E-state index is 0.0872. The molecule has 30 heavy (non-hydrogen) atoms. The number of carbonyl (C=O) groups is 2. The van der Waals surface area contributed by atoms with Crippen molar-refractivity contribution < 1.29 is 9.59 Å². The molecule has 158 valence electrons. The summed E-state index contributed by atoms with van der Waals surface area (Å²) < 4.78 is 0. The van der Waals surface area contributed by atoms with E-state index in [0.717, 1.165) is 39.1 Å². The van der Waals surface area contributed by atoms with E-state index in [1.165, 1.54) is 16.7 Å². The van der Waals surface area contributed by atoms with E-state index in [0.29, 0.717) is 6.04 Å². The quantitative estimate of drug-likeness (QED) is 0.769. The van der Waals surface area contributed by atoms with Gasteiger partial charge in [0.25, 0.3) is 0 Å². The molecule has 0 aliphatic carbocycles. The van der Waals surface area contributed by atoms with Gasteiger partial charge in [0, 0.05) is 57.6 Å². The van der Waals surface area contributed by atoms with Gasteiger partial charge in [-0.05, 0) is 23.1 Å². The summed E-state index contributed by atoms with van der Waals surface area (Å²) in [5.74, 6) is -0.522. The van der Waals surface area contributed by atoms with E-state index in [-0.39, 0.29) is 24.8 Å². The van der Waals surface area contributed by atoms with Gasteiger partial charge in [0.15, 0.2) is 0 Å². The molecule has 2 atom stereocenters. The smallest absolute Gasteiger partial charge is 0.220 e. The molecule has 1 saturated heterocycles. The van der Waals surface area contributed by atoms with E-state index in [9.17, 15) is 9.59 Å². The van der Waals surface area contributed by atoms with Crippen LogP contribution in [0.4, 0.5) is 0 Å². The molecule has 0 aromatic heterocycles. The van der Waals surface area contributed by atoms with Crippen molar-refractivity contribution in [2.24, 2.45) is 5.73 Å². The Labute approximate surface area is 178 Å². The predicted octanol–water partition coefficient (Wildman–Crippen LogP) is 2.03. The Bertz CT molecular complexity index is 886. The van der Waals surface area contributed by atoms with E-state index in [1.807, 2.05) is 0 Å². The fourth-order valence-electron chi connectivity index (χ4n) is 4.66. The number of rotatable bonds is 6. The summed E-state index contributed by atoms with van der Waals surface area (Å²) in [5.41, 5.74) is 9.22. The standard InChI is InChI=1S/C24H30N4O2/c25-23(29)10-11-24(30)26-21-12-22-17-27(13-18-6-2-1-3-7-18)14-19-8-4-5-9-20(19)15-28(22)16-21/h1-9,21-22H,10-17H2,(H2,25,29)(H,26,30)/t21-,22-/m0/s1. The fraction of sp³-hybridized carbons (Fsp3) is 0.417. The molecular weight excluding hydrogens is 376 g/mol. The molecule has 2 amide bonds. The number of amides is 2. The Morgan fingerprint density at radius 2 is 1.63 bits per heavy atom. The Kier molecular flexibility index (Phi) is 6.45. The number of primary amides is 1. The maximum atomic E-state index is 12.2. The molecule has 2 aliphatic heterocycles. The number of carbonyl (C=O) groups excluding carboxylic acids is 2. The minimum atomic E-state index is -0.435.